The second-order valence-corrected chi connectivity index (χ2v) is 7.04. The summed E-state index contributed by atoms with van der Waals surface area (Å²) in [7, 11) is 0. The molecular formula is C20H24N2O4. The van der Waals surface area contributed by atoms with Crippen LogP contribution in [0.2, 0.25) is 0 Å². The second-order valence-electron chi connectivity index (χ2n) is 7.04. The highest BCUT2D eigenvalue weighted by molar-refractivity contribution is 6.44. The zero-order valence-electron chi connectivity index (χ0n) is 14.9. The molecule has 0 N–H and O–H groups in total. The highest BCUT2D eigenvalue weighted by atomic mass is 16.5. The molecule has 3 aliphatic rings. The fourth-order valence-electron chi connectivity index (χ4n) is 3.70. The first-order chi connectivity index (χ1) is 12.7. The lowest BCUT2D eigenvalue weighted by Crippen LogP contribution is -2.51. The van der Waals surface area contributed by atoms with Gasteiger partial charge >= 0.3 is 0 Å². The van der Waals surface area contributed by atoms with Crippen LogP contribution in [0.15, 0.2) is 30.3 Å². The summed E-state index contributed by atoms with van der Waals surface area (Å²) in [5, 5.41) is 0. The molecule has 6 heteroatoms. The van der Waals surface area contributed by atoms with E-state index in [1.54, 1.807) is 0 Å². The summed E-state index contributed by atoms with van der Waals surface area (Å²) in [6.45, 7) is 5.55. The van der Waals surface area contributed by atoms with E-state index < -0.39 is 17.8 Å². The Balaban J connectivity index is 1.48. The Morgan fingerprint density at radius 3 is 2.35 bits per heavy atom. The fraction of sp³-hybridized carbons (Fsp3) is 0.500. The molecular weight excluding hydrogens is 332 g/mol. The Morgan fingerprint density at radius 1 is 0.962 bits per heavy atom. The summed E-state index contributed by atoms with van der Waals surface area (Å²) in [5.41, 5.74) is 2.08. The zero-order valence-corrected chi connectivity index (χ0v) is 14.9. The van der Waals surface area contributed by atoms with E-state index >= 15 is 0 Å². The molecule has 0 amide bonds. The lowest BCUT2D eigenvalue weighted by molar-refractivity contribution is -0.150. The number of carbonyl (C=O) groups excluding carboxylic acids is 2. The van der Waals surface area contributed by atoms with Crippen molar-refractivity contribution in [1.82, 2.24) is 9.80 Å². The van der Waals surface area contributed by atoms with Gasteiger partial charge in [0.1, 0.15) is 5.76 Å². The molecule has 0 aliphatic carbocycles. The molecule has 138 valence electrons. The van der Waals surface area contributed by atoms with E-state index in [9.17, 15) is 9.59 Å². The van der Waals surface area contributed by atoms with Gasteiger partial charge in [-0.15, -0.1) is 0 Å². The Bertz CT molecular complexity index is 701. The normalized spacial score (nSPS) is 25.2. The van der Waals surface area contributed by atoms with E-state index in [-0.39, 0.29) is 0 Å². The van der Waals surface area contributed by atoms with E-state index in [4.69, 9.17) is 9.47 Å². The van der Waals surface area contributed by atoms with Gasteiger partial charge in [-0.25, -0.2) is 0 Å². The number of allylic oxidation sites excluding steroid dienone is 1. The predicted molar refractivity (Wildman–Crippen MR) is 96.2 cm³/mol. The average molecular weight is 356 g/mol. The molecule has 0 aromatic heterocycles. The minimum Gasteiger partial charge on any atom is -0.466 e. The third kappa shape index (κ3) is 3.72. The van der Waals surface area contributed by atoms with Crippen LogP contribution in [0, 0.1) is 0 Å². The minimum absolute atomic E-state index is 0.471. The van der Waals surface area contributed by atoms with Crippen molar-refractivity contribution >= 4 is 17.3 Å². The van der Waals surface area contributed by atoms with Crippen molar-refractivity contribution in [1.29, 1.82) is 0 Å². The average Bonchev–Trinajstić information content (AvgIpc) is 3.18. The molecule has 2 saturated heterocycles. The van der Waals surface area contributed by atoms with Gasteiger partial charge in [-0.1, -0.05) is 24.3 Å². The molecule has 6 nitrogen and oxygen atoms in total. The third-order valence-corrected chi connectivity index (χ3v) is 5.19. The molecule has 1 atom stereocenters. The number of benzene rings is 1. The number of ether oxygens (including phenoxy) is 2. The minimum atomic E-state index is -0.837. The second kappa shape index (κ2) is 7.70. The smallest absolute Gasteiger partial charge is 0.258 e. The van der Waals surface area contributed by atoms with Crippen LogP contribution in [-0.4, -0.2) is 67.0 Å². The maximum Gasteiger partial charge on any atom is 0.258 e. The monoisotopic (exact) mass is 356 g/mol. The molecule has 1 unspecified atom stereocenters. The number of Topliss-reactive ketones (excluding diaryl/α,β-unsaturated/α-hetero) is 1. The van der Waals surface area contributed by atoms with Gasteiger partial charge in [-0.2, -0.15) is 0 Å². The fourth-order valence-corrected chi connectivity index (χ4v) is 3.70. The summed E-state index contributed by atoms with van der Waals surface area (Å²) in [6, 6.07) is 8.08. The van der Waals surface area contributed by atoms with Gasteiger partial charge in [0.25, 0.3) is 5.78 Å². The van der Waals surface area contributed by atoms with Crippen LogP contribution in [0.1, 0.15) is 24.0 Å². The Hall–Kier alpha value is -2.02. The first-order valence-corrected chi connectivity index (χ1v) is 9.31. The molecule has 0 spiro atoms. The van der Waals surface area contributed by atoms with Crippen molar-refractivity contribution in [2.24, 2.45) is 0 Å². The van der Waals surface area contributed by atoms with Gasteiger partial charge in [0, 0.05) is 31.3 Å². The van der Waals surface area contributed by atoms with Gasteiger partial charge in [-0.3, -0.25) is 19.4 Å². The van der Waals surface area contributed by atoms with Crippen LogP contribution in [0.5, 0.6) is 0 Å². The highest BCUT2D eigenvalue weighted by Gasteiger charge is 2.37. The van der Waals surface area contributed by atoms with Gasteiger partial charge < -0.3 is 9.47 Å². The number of carbonyl (C=O) groups is 2. The Kier molecular flexibility index (Phi) is 5.15. The van der Waals surface area contributed by atoms with E-state index in [1.807, 2.05) is 17.0 Å². The van der Waals surface area contributed by atoms with Gasteiger partial charge in [0.2, 0.25) is 12.0 Å². The Morgan fingerprint density at radius 2 is 1.65 bits per heavy atom. The van der Waals surface area contributed by atoms with E-state index in [2.05, 4.69) is 17.0 Å². The van der Waals surface area contributed by atoms with E-state index in [1.165, 1.54) is 24.5 Å². The number of rotatable bonds is 4. The van der Waals surface area contributed by atoms with Crippen LogP contribution in [0.3, 0.4) is 0 Å². The highest BCUT2D eigenvalue weighted by Crippen LogP contribution is 2.25. The summed E-state index contributed by atoms with van der Waals surface area (Å²) < 4.78 is 11.2. The molecule has 3 heterocycles. The van der Waals surface area contributed by atoms with Crippen molar-refractivity contribution in [2.45, 2.75) is 25.6 Å². The summed E-state index contributed by atoms with van der Waals surface area (Å²) in [5.74, 6) is -0.524. The number of morpholine rings is 1. The lowest BCUT2D eigenvalue weighted by atomic mass is 10.0. The first-order valence-electron chi connectivity index (χ1n) is 9.31. The number of likely N-dealkylation sites (tertiary alicyclic amines) is 1. The van der Waals surface area contributed by atoms with Gasteiger partial charge in [0.15, 0.2) is 0 Å². The maximum atomic E-state index is 12.2. The van der Waals surface area contributed by atoms with Crippen LogP contribution >= 0.6 is 0 Å². The summed E-state index contributed by atoms with van der Waals surface area (Å²) in [6.07, 6.45) is 3.03. The van der Waals surface area contributed by atoms with Crippen molar-refractivity contribution in [2.75, 3.05) is 39.4 Å². The summed E-state index contributed by atoms with van der Waals surface area (Å²) in [4.78, 5) is 28.7. The van der Waals surface area contributed by atoms with Gasteiger partial charge in [0.05, 0.1) is 13.2 Å². The van der Waals surface area contributed by atoms with Crippen molar-refractivity contribution in [3.8, 4) is 0 Å². The SMILES string of the molecule is O=C1C=C(c2ccc(CN3CCCC3)cc2)OC(N2CCOCC2)C1=O. The maximum absolute atomic E-state index is 12.2. The van der Waals surface area contributed by atoms with Crippen molar-refractivity contribution < 1.29 is 19.1 Å². The Labute approximate surface area is 153 Å². The number of nitrogens with zero attached hydrogens (tertiary/aromatic N) is 2. The number of hydrogen-bond donors (Lipinski definition) is 0. The molecule has 1 aromatic rings. The molecule has 3 aliphatic heterocycles. The molecule has 26 heavy (non-hydrogen) atoms. The van der Waals surface area contributed by atoms with Crippen LogP contribution in [0.25, 0.3) is 5.76 Å². The molecule has 4 rings (SSSR count). The largest absolute Gasteiger partial charge is 0.466 e. The molecule has 1 aromatic carbocycles. The number of ketones is 2. The lowest BCUT2D eigenvalue weighted by Gasteiger charge is -2.35. The predicted octanol–water partition coefficient (Wildman–Crippen LogP) is 1.45. The molecule has 2 fully saturated rings. The molecule has 0 saturated carbocycles. The van der Waals surface area contributed by atoms with Crippen LogP contribution in [0.4, 0.5) is 0 Å². The molecule has 0 bridgehead atoms. The van der Waals surface area contributed by atoms with Gasteiger partial charge in [-0.05, 0) is 31.5 Å². The van der Waals surface area contributed by atoms with Crippen LogP contribution < -0.4 is 0 Å². The molecule has 0 radical (unpaired) electrons. The topological polar surface area (TPSA) is 59.1 Å². The van der Waals surface area contributed by atoms with E-state index in [0.29, 0.717) is 32.1 Å². The summed E-state index contributed by atoms with van der Waals surface area (Å²) >= 11 is 0. The standard InChI is InChI=1S/C20H24N2O4/c23-17-13-18(26-20(19(17)24)22-9-11-25-12-10-22)16-5-3-15(4-6-16)14-21-7-1-2-8-21/h3-6,13,20H,1-2,7-12,14H2. The van der Waals surface area contributed by atoms with Crippen molar-refractivity contribution in [3.63, 3.8) is 0 Å². The quantitative estimate of drug-likeness (QED) is 0.761. The van der Waals surface area contributed by atoms with E-state index in [0.717, 1.165) is 25.2 Å². The first kappa shape index (κ1) is 17.4. The third-order valence-electron chi connectivity index (χ3n) is 5.19. The van der Waals surface area contributed by atoms with Crippen LogP contribution in [-0.2, 0) is 25.6 Å². The zero-order chi connectivity index (χ0) is 17.9. The van der Waals surface area contributed by atoms with Crippen molar-refractivity contribution in [3.05, 3.63) is 41.5 Å². The number of hydrogen-bond acceptors (Lipinski definition) is 6.